The summed E-state index contributed by atoms with van der Waals surface area (Å²) in [5.41, 5.74) is 0. The SMILES string of the molecule is CCCCC1NC(C)N(CC(CC)CC)C1=O. The minimum absolute atomic E-state index is 0.0688. The molecule has 1 N–H and O–H groups in total. The number of carbonyl (C=O) groups is 1. The molecule has 0 radical (unpaired) electrons. The topological polar surface area (TPSA) is 32.3 Å². The molecule has 0 aromatic carbocycles. The van der Waals surface area contributed by atoms with E-state index in [1.165, 1.54) is 0 Å². The Morgan fingerprint density at radius 1 is 1.29 bits per heavy atom. The molecule has 1 heterocycles. The summed E-state index contributed by atoms with van der Waals surface area (Å²) in [5, 5.41) is 3.42. The third-order valence-corrected chi connectivity index (χ3v) is 3.95. The highest BCUT2D eigenvalue weighted by Crippen LogP contribution is 2.19. The number of unbranched alkanes of at least 4 members (excludes halogenated alkanes) is 1. The van der Waals surface area contributed by atoms with Gasteiger partial charge in [0, 0.05) is 6.54 Å². The van der Waals surface area contributed by atoms with Gasteiger partial charge in [-0.3, -0.25) is 10.1 Å². The number of amides is 1. The zero-order chi connectivity index (χ0) is 12.8. The summed E-state index contributed by atoms with van der Waals surface area (Å²) in [6.45, 7) is 9.61. The second-order valence-electron chi connectivity index (χ2n) is 5.21. The Balaban J connectivity index is 2.52. The van der Waals surface area contributed by atoms with Crippen molar-refractivity contribution in [2.24, 2.45) is 5.92 Å². The summed E-state index contributed by atoms with van der Waals surface area (Å²) in [6, 6.07) is 0.0688. The number of rotatable bonds is 7. The molecule has 0 bridgehead atoms. The second kappa shape index (κ2) is 7.00. The van der Waals surface area contributed by atoms with Crippen LogP contribution in [0.3, 0.4) is 0 Å². The Labute approximate surface area is 106 Å². The van der Waals surface area contributed by atoms with Gasteiger partial charge < -0.3 is 4.90 Å². The summed E-state index contributed by atoms with van der Waals surface area (Å²) in [4.78, 5) is 14.3. The van der Waals surface area contributed by atoms with Gasteiger partial charge >= 0.3 is 0 Å². The van der Waals surface area contributed by atoms with Crippen molar-refractivity contribution in [3.8, 4) is 0 Å². The highest BCUT2D eigenvalue weighted by Gasteiger charge is 2.36. The molecule has 1 saturated heterocycles. The van der Waals surface area contributed by atoms with Crippen LogP contribution in [0, 0.1) is 5.92 Å². The van der Waals surface area contributed by atoms with Gasteiger partial charge in [-0.05, 0) is 19.3 Å². The van der Waals surface area contributed by atoms with E-state index in [-0.39, 0.29) is 12.2 Å². The molecule has 0 saturated carbocycles. The first kappa shape index (κ1) is 14.5. The summed E-state index contributed by atoms with van der Waals surface area (Å²) in [5.74, 6) is 0.964. The molecule has 3 nitrogen and oxygen atoms in total. The lowest BCUT2D eigenvalue weighted by Gasteiger charge is -2.25. The van der Waals surface area contributed by atoms with Crippen LogP contribution < -0.4 is 5.32 Å². The Bertz CT molecular complexity index is 238. The maximum Gasteiger partial charge on any atom is 0.241 e. The smallest absolute Gasteiger partial charge is 0.241 e. The van der Waals surface area contributed by atoms with E-state index in [2.05, 4.69) is 33.0 Å². The van der Waals surface area contributed by atoms with E-state index in [9.17, 15) is 4.79 Å². The van der Waals surface area contributed by atoms with Gasteiger partial charge in [-0.2, -0.15) is 0 Å². The largest absolute Gasteiger partial charge is 0.326 e. The van der Waals surface area contributed by atoms with Crippen LogP contribution in [0.15, 0.2) is 0 Å². The summed E-state index contributed by atoms with van der Waals surface area (Å²) in [6.07, 6.45) is 5.81. The van der Waals surface area contributed by atoms with E-state index < -0.39 is 0 Å². The standard InChI is InChI=1S/C14H28N2O/c1-5-8-9-13-14(17)16(11(4)15-13)10-12(6-2)7-3/h11-13,15H,5-10H2,1-4H3. The normalized spacial score (nSPS) is 25.0. The second-order valence-corrected chi connectivity index (χ2v) is 5.21. The molecule has 1 aliphatic heterocycles. The molecule has 2 unspecified atom stereocenters. The molecule has 0 aromatic rings. The zero-order valence-corrected chi connectivity index (χ0v) is 11.8. The quantitative estimate of drug-likeness (QED) is 0.742. The molecular weight excluding hydrogens is 212 g/mol. The fourth-order valence-electron chi connectivity index (χ4n) is 2.53. The number of carbonyl (C=O) groups excluding carboxylic acids is 1. The molecule has 3 heteroatoms. The molecule has 1 rings (SSSR count). The van der Waals surface area contributed by atoms with Crippen LogP contribution in [0.2, 0.25) is 0 Å². The van der Waals surface area contributed by atoms with Crippen molar-refractivity contribution in [2.45, 2.75) is 72.0 Å². The minimum Gasteiger partial charge on any atom is -0.326 e. The molecule has 1 aliphatic rings. The minimum atomic E-state index is 0.0688. The van der Waals surface area contributed by atoms with Crippen LogP contribution in [-0.4, -0.2) is 29.6 Å². The summed E-state index contributed by atoms with van der Waals surface area (Å²) < 4.78 is 0. The third-order valence-electron chi connectivity index (χ3n) is 3.95. The van der Waals surface area contributed by atoms with Crippen LogP contribution in [-0.2, 0) is 4.79 Å². The molecule has 2 atom stereocenters. The molecule has 1 amide bonds. The highest BCUT2D eigenvalue weighted by atomic mass is 16.2. The Hall–Kier alpha value is -0.570. The molecule has 100 valence electrons. The fourth-order valence-corrected chi connectivity index (χ4v) is 2.53. The molecule has 17 heavy (non-hydrogen) atoms. The van der Waals surface area contributed by atoms with Crippen molar-refractivity contribution in [3.63, 3.8) is 0 Å². The lowest BCUT2D eigenvalue weighted by molar-refractivity contribution is -0.130. The van der Waals surface area contributed by atoms with Crippen molar-refractivity contribution in [1.82, 2.24) is 10.2 Å². The number of hydrogen-bond acceptors (Lipinski definition) is 2. The number of nitrogens with one attached hydrogen (secondary N) is 1. The van der Waals surface area contributed by atoms with Crippen molar-refractivity contribution < 1.29 is 4.79 Å². The molecule has 0 aromatic heterocycles. The van der Waals surface area contributed by atoms with E-state index in [0.717, 1.165) is 38.6 Å². The fraction of sp³-hybridized carbons (Fsp3) is 0.929. The van der Waals surface area contributed by atoms with Gasteiger partial charge in [0.15, 0.2) is 0 Å². The van der Waals surface area contributed by atoms with E-state index in [4.69, 9.17) is 0 Å². The van der Waals surface area contributed by atoms with Crippen molar-refractivity contribution >= 4 is 5.91 Å². The highest BCUT2D eigenvalue weighted by molar-refractivity contribution is 5.84. The average Bonchev–Trinajstić information content (AvgIpc) is 2.59. The van der Waals surface area contributed by atoms with Crippen LogP contribution in [0.1, 0.15) is 59.8 Å². The predicted octanol–water partition coefficient (Wildman–Crippen LogP) is 2.76. The summed E-state index contributed by atoms with van der Waals surface area (Å²) >= 11 is 0. The van der Waals surface area contributed by atoms with E-state index in [0.29, 0.717) is 11.8 Å². The molecule has 0 aliphatic carbocycles. The van der Waals surface area contributed by atoms with Crippen molar-refractivity contribution in [3.05, 3.63) is 0 Å². The van der Waals surface area contributed by atoms with E-state index in [1.54, 1.807) is 0 Å². The van der Waals surface area contributed by atoms with Gasteiger partial charge in [0.1, 0.15) is 0 Å². The predicted molar refractivity (Wildman–Crippen MR) is 71.7 cm³/mol. The van der Waals surface area contributed by atoms with Gasteiger partial charge in [-0.15, -0.1) is 0 Å². The van der Waals surface area contributed by atoms with Crippen molar-refractivity contribution in [1.29, 1.82) is 0 Å². The maximum atomic E-state index is 12.3. The number of hydrogen-bond donors (Lipinski definition) is 1. The van der Waals surface area contributed by atoms with Crippen molar-refractivity contribution in [2.75, 3.05) is 6.54 Å². The van der Waals surface area contributed by atoms with Gasteiger partial charge in [-0.1, -0.05) is 46.5 Å². The Morgan fingerprint density at radius 2 is 1.94 bits per heavy atom. The van der Waals surface area contributed by atoms with Crippen LogP contribution >= 0.6 is 0 Å². The van der Waals surface area contributed by atoms with Crippen LogP contribution in [0.5, 0.6) is 0 Å². The molecule has 0 spiro atoms. The summed E-state index contributed by atoms with van der Waals surface area (Å²) in [7, 11) is 0. The van der Waals surface area contributed by atoms with E-state index >= 15 is 0 Å². The van der Waals surface area contributed by atoms with Gasteiger partial charge in [0.05, 0.1) is 12.2 Å². The molecule has 1 fully saturated rings. The van der Waals surface area contributed by atoms with Gasteiger partial charge in [0.2, 0.25) is 5.91 Å². The lowest BCUT2D eigenvalue weighted by Crippen LogP contribution is -2.38. The van der Waals surface area contributed by atoms with Gasteiger partial charge in [-0.25, -0.2) is 0 Å². The van der Waals surface area contributed by atoms with E-state index in [1.807, 2.05) is 4.90 Å². The Kier molecular flexibility index (Phi) is 5.96. The van der Waals surface area contributed by atoms with Crippen LogP contribution in [0.25, 0.3) is 0 Å². The zero-order valence-electron chi connectivity index (χ0n) is 11.8. The average molecular weight is 240 g/mol. The first-order chi connectivity index (χ1) is 8.13. The molecular formula is C14H28N2O. The third kappa shape index (κ3) is 3.70. The first-order valence-corrected chi connectivity index (χ1v) is 7.20. The lowest BCUT2D eigenvalue weighted by atomic mass is 10.0. The van der Waals surface area contributed by atoms with Crippen LogP contribution in [0.4, 0.5) is 0 Å². The Morgan fingerprint density at radius 3 is 2.47 bits per heavy atom. The maximum absolute atomic E-state index is 12.3. The van der Waals surface area contributed by atoms with Gasteiger partial charge in [0.25, 0.3) is 0 Å². The number of nitrogens with zero attached hydrogens (tertiary/aromatic N) is 1. The first-order valence-electron chi connectivity index (χ1n) is 7.20. The monoisotopic (exact) mass is 240 g/mol.